The van der Waals surface area contributed by atoms with Gasteiger partial charge >= 0.3 is 0 Å². The third-order valence-electron chi connectivity index (χ3n) is 2.82. The van der Waals surface area contributed by atoms with Crippen molar-refractivity contribution in [1.29, 1.82) is 0 Å². The average Bonchev–Trinajstić information content (AvgIpc) is 2.97. The summed E-state index contributed by atoms with van der Waals surface area (Å²) in [6.07, 6.45) is 1.72. The van der Waals surface area contributed by atoms with Crippen molar-refractivity contribution in [1.82, 2.24) is 14.8 Å². The fraction of sp³-hybridized carbons (Fsp3) is 0.500. The Hall–Kier alpha value is -0.720. The highest BCUT2D eigenvalue weighted by molar-refractivity contribution is 9.11. The molecule has 0 fully saturated rings. The van der Waals surface area contributed by atoms with Crippen molar-refractivity contribution in [3.63, 3.8) is 0 Å². The summed E-state index contributed by atoms with van der Waals surface area (Å²) in [6.45, 7) is 4.70. The monoisotopic (exact) mass is 328 g/mol. The third-order valence-corrected chi connectivity index (χ3v) is 4.54. The highest BCUT2D eigenvalue weighted by Crippen LogP contribution is 2.29. The summed E-state index contributed by atoms with van der Waals surface area (Å²) in [7, 11) is 0. The Morgan fingerprint density at radius 1 is 1.39 bits per heavy atom. The zero-order valence-corrected chi connectivity index (χ0v) is 13.0. The number of aryl methyl sites for hydroxylation is 2. The molecule has 0 bridgehead atoms. The third kappa shape index (κ3) is 2.65. The van der Waals surface area contributed by atoms with Gasteiger partial charge in [0.15, 0.2) is 5.82 Å². The normalized spacial score (nSPS) is 12.9. The molecule has 2 N–H and O–H groups in total. The van der Waals surface area contributed by atoms with Crippen LogP contribution in [0.2, 0.25) is 0 Å². The van der Waals surface area contributed by atoms with Crippen molar-refractivity contribution in [2.45, 2.75) is 32.7 Å². The maximum absolute atomic E-state index is 5.92. The van der Waals surface area contributed by atoms with E-state index in [9.17, 15) is 0 Å². The van der Waals surface area contributed by atoms with E-state index in [-0.39, 0.29) is 6.04 Å². The van der Waals surface area contributed by atoms with Crippen LogP contribution in [-0.4, -0.2) is 21.3 Å². The Bertz CT molecular complexity index is 520. The molecule has 2 aromatic rings. The van der Waals surface area contributed by atoms with Gasteiger partial charge in [0, 0.05) is 24.3 Å². The van der Waals surface area contributed by atoms with Gasteiger partial charge in [0.25, 0.3) is 0 Å². The molecule has 2 heterocycles. The van der Waals surface area contributed by atoms with E-state index in [1.165, 1.54) is 4.88 Å². The summed E-state index contributed by atoms with van der Waals surface area (Å²) < 4.78 is 3.10. The van der Waals surface area contributed by atoms with Gasteiger partial charge < -0.3 is 5.73 Å². The first-order chi connectivity index (χ1) is 8.69. The fourth-order valence-electron chi connectivity index (χ4n) is 1.89. The highest BCUT2D eigenvalue weighted by Gasteiger charge is 2.19. The summed E-state index contributed by atoms with van der Waals surface area (Å²) >= 11 is 5.19. The zero-order chi connectivity index (χ0) is 13.1. The Morgan fingerprint density at radius 2 is 2.17 bits per heavy atom. The first-order valence-electron chi connectivity index (χ1n) is 6.09. The molecule has 0 amide bonds. The van der Waals surface area contributed by atoms with Crippen LogP contribution in [0.3, 0.4) is 0 Å². The van der Waals surface area contributed by atoms with Gasteiger partial charge in [0.1, 0.15) is 11.9 Å². The Labute approximate surface area is 119 Å². The number of halogens is 1. The summed E-state index contributed by atoms with van der Waals surface area (Å²) in [5.74, 6) is 1.90. The van der Waals surface area contributed by atoms with Gasteiger partial charge in [-0.25, -0.2) is 9.67 Å². The zero-order valence-electron chi connectivity index (χ0n) is 10.6. The minimum Gasteiger partial charge on any atom is -0.328 e. The van der Waals surface area contributed by atoms with E-state index in [0.717, 1.165) is 28.3 Å². The van der Waals surface area contributed by atoms with Gasteiger partial charge in [-0.2, -0.15) is 5.10 Å². The molecule has 0 aliphatic heterocycles. The SMILES string of the molecule is CCc1nc(CC)n(C(CN)c2ccc(Br)s2)n1. The predicted molar refractivity (Wildman–Crippen MR) is 78.0 cm³/mol. The van der Waals surface area contributed by atoms with Gasteiger partial charge in [-0.15, -0.1) is 11.3 Å². The van der Waals surface area contributed by atoms with Crippen LogP contribution in [0.4, 0.5) is 0 Å². The molecule has 18 heavy (non-hydrogen) atoms. The van der Waals surface area contributed by atoms with Crippen molar-refractivity contribution in [3.8, 4) is 0 Å². The van der Waals surface area contributed by atoms with Crippen LogP contribution in [0.15, 0.2) is 15.9 Å². The lowest BCUT2D eigenvalue weighted by Gasteiger charge is -2.15. The van der Waals surface area contributed by atoms with Crippen LogP contribution < -0.4 is 5.73 Å². The minimum atomic E-state index is 0.0871. The topological polar surface area (TPSA) is 56.7 Å². The summed E-state index contributed by atoms with van der Waals surface area (Å²) in [5.41, 5.74) is 5.92. The first kappa shape index (κ1) is 13.7. The molecule has 6 heteroatoms. The van der Waals surface area contributed by atoms with Crippen LogP contribution >= 0.6 is 27.3 Å². The summed E-state index contributed by atoms with van der Waals surface area (Å²) in [4.78, 5) is 5.75. The highest BCUT2D eigenvalue weighted by atomic mass is 79.9. The van der Waals surface area contributed by atoms with E-state index in [2.05, 4.69) is 45.9 Å². The molecule has 0 aliphatic rings. The van der Waals surface area contributed by atoms with Gasteiger partial charge in [-0.1, -0.05) is 13.8 Å². The molecule has 2 aromatic heterocycles. The molecular formula is C12H17BrN4S. The number of aromatic nitrogens is 3. The van der Waals surface area contributed by atoms with Crippen LogP contribution in [0.5, 0.6) is 0 Å². The molecule has 4 nitrogen and oxygen atoms in total. The lowest BCUT2D eigenvalue weighted by atomic mass is 10.2. The van der Waals surface area contributed by atoms with Crippen LogP contribution in [0.1, 0.15) is 36.4 Å². The molecule has 2 rings (SSSR count). The minimum absolute atomic E-state index is 0.0871. The molecule has 0 aromatic carbocycles. The second-order valence-electron chi connectivity index (χ2n) is 3.99. The van der Waals surface area contributed by atoms with Crippen molar-refractivity contribution in [2.24, 2.45) is 5.73 Å². The molecule has 1 unspecified atom stereocenters. The molecule has 0 saturated carbocycles. The molecule has 0 saturated heterocycles. The standard InChI is InChI=1S/C12H17BrN4S/c1-3-11-15-12(4-2)17(16-11)8(7-14)9-5-6-10(13)18-9/h5-6,8H,3-4,7,14H2,1-2H3. The van der Waals surface area contributed by atoms with Crippen LogP contribution in [0.25, 0.3) is 0 Å². The van der Waals surface area contributed by atoms with E-state index in [4.69, 9.17) is 5.73 Å². The molecule has 1 atom stereocenters. The molecular weight excluding hydrogens is 312 g/mol. The van der Waals surface area contributed by atoms with E-state index in [1.54, 1.807) is 11.3 Å². The smallest absolute Gasteiger partial charge is 0.150 e. The number of hydrogen-bond acceptors (Lipinski definition) is 4. The molecule has 0 radical (unpaired) electrons. The van der Waals surface area contributed by atoms with Gasteiger partial charge in [-0.05, 0) is 28.1 Å². The number of hydrogen-bond donors (Lipinski definition) is 1. The van der Waals surface area contributed by atoms with Crippen LogP contribution in [0, 0.1) is 0 Å². The Morgan fingerprint density at radius 3 is 2.67 bits per heavy atom. The first-order valence-corrected chi connectivity index (χ1v) is 7.70. The Balaban J connectivity index is 2.40. The molecule has 0 aliphatic carbocycles. The second kappa shape index (κ2) is 5.95. The number of rotatable bonds is 5. The lowest BCUT2D eigenvalue weighted by Crippen LogP contribution is -2.22. The molecule has 98 valence electrons. The van der Waals surface area contributed by atoms with Crippen LogP contribution in [-0.2, 0) is 12.8 Å². The van der Waals surface area contributed by atoms with E-state index >= 15 is 0 Å². The van der Waals surface area contributed by atoms with Gasteiger partial charge in [0.2, 0.25) is 0 Å². The van der Waals surface area contributed by atoms with Crippen molar-refractivity contribution >= 4 is 27.3 Å². The lowest BCUT2D eigenvalue weighted by molar-refractivity contribution is 0.512. The quantitative estimate of drug-likeness (QED) is 0.918. The second-order valence-corrected chi connectivity index (χ2v) is 6.48. The maximum Gasteiger partial charge on any atom is 0.150 e. The van der Waals surface area contributed by atoms with E-state index < -0.39 is 0 Å². The summed E-state index contributed by atoms with van der Waals surface area (Å²) in [5, 5.41) is 4.57. The van der Waals surface area contributed by atoms with Gasteiger partial charge in [-0.3, -0.25) is 0 Å². The molecule has 0 spiro atoms. The fourth-order valence-corrected chi connectivity index (χ4v) is 3.41. The van der Waals surface area contributed by atoms with E-state index in [0.29, 0.717) is 6.54 Å². The largest absolute Gasteiger partial charge is 0.328 e. The van der Waals surface area contributed by atoms with Crippen molar-refractivity contribution < 1.29 is 0 Å². The Kier molecular flexibility index (Phi) is 4.53. The number of nitrogens with two attached hydrogens (primary N) is 1. The number of thiophene rings is 1. The summed E-state index contributed by atoms with van der Waals surface area (Å²) in [6, 6.07) is 4.23. The number of nitrogens with zero attached hydrogens (tertiary/aromatic N) is 3. The van der Waals surface area contributed by atoms with Gasteiger partial charge in [0.05, 0.1) is 3.79 Å². The maximum atomic E-state index is 5.92. The van der Waals surface area contributed by atoms with E-state index in [1.807, 2.05) is 10.7 Å². The predicted octanol–water partition coefficient (Wildman–Crippen LogP) is 2.78. The van der Waals surface area contributed by atoms with Crippen molar-refractivity contribution in [3.05, 3.63) is 32.4 Å². The average molecular weight is 329 g/mol. The van der Waals surface area contributed by atoms with Crippen molar-refractivity contribution in [2.75, 3.05) is 6.54 Å².